The molecule has 0 fully saturated rings. The molecular weight excluding hydrogens is 256 g/mol. The van der Waals surface area contributed by atoms with Crippen molar-refractivity contribution in [2.45, 2.75) is 13.5 Å². The van der Waals surface area contributed by atoms with Crippen LogP contribution in [0, 0.1) is 6.92 Å². The van der Waals surface area contributed by atoms with Gasteiger partial charge in [0.25, 0.3) is 0 Å². The van der Waals surface area contributed by atoms with Crippen LogP contribution in [0.25, 0.3) is 6.08 Å². The van der Waals surface area contributed by atoms with Gasteiger partial charge in [0.1, 0.15) is 0 Å². The summed E-state index contributed by atoms with van der Waals surface area (Å²) in [6.45, 7) is 2.32. The van der Waals surface area contributed by atoms with Crippen LogP contribution in [0.4, 0.5) is 0 Å². The summed E-state index contributed by atoms with van der Waals surface area (Å²) in [6.07, 6.45) is 5.91. The van der Waals surface area contributed by atoms with Crippen LogP contribution in [-0.4, -0.2) is 20.6 Å². The first-order valence-electron chi connectivity index (χ1n) is 6.07. The number of carboxylic acid groups (broad SMARTS) is 1. The molecule has 1 aromatic carbocycles. The molecule has 1 aromatic heterocycles. The van der Waals surface area contributed by atoms with Gasteiger partial charge < -0.3 is 5.11 Å². The van der Waals surface area contributed by atoms with Gasteiger partial charge in [-0.2, -0.15) is 0 Å². The number of rotatable bonds is 4. The molecule has 1 N–H and O–H groups in total. The van der Waals surface area contributed by atoms with Crippen LogP contribution in [-0.2, 0) is 11.3 Å². The molecule has 0 amide bonds. The largest absolute Gasteiger partial charge is 0.478 e. The Morgan fingerprint density at radius 2 is 2.05 bits per heavy atom. The van der Waals surface area contributed by atoms with Gasteiger partial charge in [-0.05, 0) is 29.7 Å². The van der Waals surface area contributed by atoms with Gasteiger partial charge in [-0.25, -0.2) is 14.6 Å². The smallest absolute Gasteiger partial charge is 0.347 e. The first-order valence-corrected chi connectivity index (χ1v) is 6.07. The Labute approximate surface area is 115 Å². The molecule has 0 aliphatic carbocycles. The van der Waals surface area contributed by atoms with E-state index in [4.69, 9.17) is 5.11 Å². The van der Waals surface area contributed by atoms with Crippen LogP contribution in [0.5, 0.6) is 0 Å². The number of aliphatic carboxylic acids is 1. The lowest BCUT2D eigenvalue weighted by Crippen LogP contribution is -2.22. The fourth-order valence-electron chi connectivity index (χ4n) is 1.78. The van der Waals surface area contributed by atoms with E-state index in [1.165, 1.54) is 10.6 Å². The average Bonchev–Trinajstić information content (AvgIpc) is 2.42. The average molecular weight is 270 g/mol. The predicted molar refractivity (Wildman–Crippen MR) is 75.4 cm³/mol. The Kier molecular flexibility index (Phi) is 4.10. The van der Waals surface area contributed by atoms with Gasteiger partial charge in [-0.3, -0.25) is 4.57 Å². The molecule has 0 spiro atoms. The summed E-state index contributed by atoms with van der Waals surface area (Å²) in [5, 5.41) is 8.55. The highest BCUT2D eigenvalue weighted by molar-refractivity contribution is 5.85. The summed E-state index contributed by atoms with van der Waals surface area (Å²) in [5.74, 6) is -0.980. The maximum atomic E-state index is 11.6. The monoisotopic (exact) mass is 270 g/mol. The van der Waals surface area contributed by atoms with Crippen molar-refractivity contribution < 1.29 is 9.90 Å². The predicted octanol–water partition coefficient (Wildman–Crippen LogP) is 1.70. The van der Waals surface area contributed by atoms with E-state index < -0.39 is 5.97 Å². The molecule has 1 heterocycles. The van der Waals surface area contributed by atoms with Crippen LogP contribution in [0.3, 0.4) is 0 Å². The number of aromatic nitrogens is 2. The van der Waals surface area contributed by atoms with Gasteiger partial charge in [0.15, 0.2) is 0 Å². The van der Waals surface area contributed by atoms with Crippen molar-refractivity contribution in [3.05, 3.63) is 69.9 Å². The first kappa shape index (κ1) is 13.7. The molecule has 5 nitrogen and oxygen atoms in total. The van der Waals surface area contributed by atoms with Gasteiger partial charge in [0, 0.05) is 18.5 Å². The highest BCUT2D eigenvalue weighted by atomic mass is 16.4. The third-order valence-corrected chi connectivity index (χ3v) is 2.73. The molecule has 0 saturated heterocycles. The van der Waals surface area contributed by atoms with Crippen LogP contribution >= 0.6 is 0 Å². The standard InChI is InChI=1S/C15H14N2O3/c1-11-8-16-15(20)17(9-11)10-13-4-2-12(3-5-13)6-7-14(18)19/h2-9H,10H2,1H3,(H,18,19). The SMILES string of the molecule is Cc1cnc(=O)n(Cc2ccc(C=CC(=O)O)cc2)c1. The van der Waals surface area contributed by atoms with Crippen molar-refractivity contribution in [1.82, 2.24) is 9.55 Å². The van der Waals surface area contributed by atoms with E-state index >= 15 is 0 Å². The zero-order valence-corrected chi connectivity index (χ0v) is 11.0. The van der Waals surface area contributed by atoms with Gasteiger partial charge in [0.2, 0.25) is 0 Å². The van der Waals surface area contributed by atoms with Gasteiger partial charge in [-0.1, -0.05) is 24.3 Å². The number of hydrogen-bond acceptors (Lipinski definition) is 3. The molecule has 0 atom stereocenters. The maximum Gasteiger partial charge on any atom is 0.347 e. The Morgan fingerprint density at radius 3 is 2.70 bits per heavy atom. The second-order valence-electron chi connectivity index (χ2n) is 4.45. The molecule has 0 unspecified atom stereocenters. The van der Waals surface area contributed by atoms with E-state index in [0.29, 0.717) is 6.54 Å². The molecule has 0 saturated carbocycles. The summed E-state index contributed by atoms with van der Waals surface area (Å²) >= 11 is 0. The van der Waals surface area contributed by atoms with Crippen molar-refractivity contribution in [2.24, 2.45) is 0 Å². The quantitative estimate of drug-likeness (QED) is 0.858. The van der Waals surface area contributed by atoms with Gasteiger partial charge >= 0.3 is 11.7 Å². The summed E-state index contributed by atoms with van der Waals surface area (Å²) in [6, 6.07) is 7.33. The fourth-order valence-corrected chi connectivity index (χ4v) is 1.78. The highest BCUT2D eigenvalue weighted by Gasteiger charge is 1.99. The Balaban J connectivity index is 2.17. The Hall–Kier alpha value is -2.69. The molecule has 2 aromatic rings. The minimum Gasteiger partial charge on any atom is -0.478 e. The topological polar surface area (TPSA) is 72.2 Å². The number of carbonyl (C=O) groups is 1. The Morgan fingerprint density at radius 1 is 1.35 bits per heavy atom. The molecule has 2 rings (SSSR count). The number of aryl methyl sites for hydroxylation is 1. The second-order valence-corrected chi connectivity index (χ2v) is 4.45. The van der Waals surface area contributed by atoms with Crippen LogP contribution in [0.15, 0.2) is 47.5 Å². The molecule has 0 radical (unpaired) electrons. The van der Waals surface area contributed by atoms with Gasteiger partial charge in [0.05, 0.1) is 6.54 Å². The third-order valence-electron chi connectivity index (χ3n) is 2.73. The molecule has 0 aliphatic rings. The lowest BCUT2D eigenvalue weighted by atomic mass is 10.1. The van der Waals surface area contributed by atoms with E-state index in [1.54, 1.807) is 12.4 Å². The van der Waals surface area contributed by atoms with E-state index in [9.17, 15) is 9.59 Å². The summed E-state index contributed by atoms with van der Waals surface area (Å²) in [4.78, 5) is 25.8. The third kappa shape index (κ3) is 3.65. The number of benzene rings is 1. The number of nitrogens with zero attached hydrogens (tertiary/aromatic N) is 2. The van der Waals surface area contributed by atoms with E-state index in [2.05, 4.69) is 4.98 Å². The van der Waals surface area contributed by atoms with Crippen molar-refractivity contribution in [2.75, 3.05) is 0 Å². The summed E-state index contributed by atoms with van der Waals surface area (Å²) in [7, 11) is 0. The lowest BCUT2D eigenvalue weighted by Gasteiger charge is -2.06. The summed E-state index contributed by atoms with van der Waals surface area (Å²) in [5.41, 5.74) is 2.38. The van der Waals surface area contributed by atoms with Crippen LogP contribution in [0.2, 0.25) is 0 Å². The highest BCUT2D eigenvalue weighted by Crippen LogP contribution is 2.07. The first-order chi connectivity index (χ1) is 9.54. The number of carboxylic acids is 1. The van der Waals surface area contributed by atoms with E-state index in [1.807, 2.05) is 31.2 Å². The van der Waals surface area contributed by atoms with Crippen molar-refractivity contribution in [3.63, 3.8) is 0 Å². The molecule has 5 heteroatoms. The lowest BCUT2D eigenvalue weighted by molar-refractivity contribution is -0.131. The minimum absolute atomic E-state index is 0.287. The van der Waals surface area contributed by atoms with Crippen LogP contribution in [0.1, 0.15) is 16.7 Å². The van der Waals surface area contributed by atoms with Crippen molar-refractivity contribution in [1.29, 1.82) is 0 Å². The van der Waals surface area contributed by atoms with Gasteiger partial charge in [-0.15, -0.1) is 0 Å². The summed E-state index contributed by atoms with van der Waals surface area (Å²) < 4.78 is 1.54. The zero-order valence-electron chi connectivity index (χ0n) is 11.0. The number of hydrogen-bond donors (Lipinski definition) is 1. The zero-order chi connectivity index (χ0) is 14.5. The fraction of sp³-hybridized carbons (Fsp3) is 0.133. The maximum absolute atomic E-state index is 11.6. The minimum atomic E-state index is -0.980. The van der Waals surface area contributed by atoms with Crippen molar-refractivity contribution in [3.8, 4) is 0 Å². The van der Waals surface area contributed by atoms with E-state index in [0.717, 1.165) is 22.8 Å². The van der Waals surface area contributed by atoms with Crippen LogP contribution < -0.4 is 5.69 Å². The van der Waals surface area contributed by atoms with Crippen molar-refractivity contribution >= 4 is 12.0 Å². The molecule has 0 aliphatic heterocycles. The van der Waals surface area contributed by atoms with E-state index in [-0.39, 0.29) is 5.69 Å². The molecule has 20 heavy (non-hydrogen) atoms. The normalized spacial score (nSPS) is 10.8. The molecular formula is C15H14N2O3. The second kappa shape index (κ2) is 5.97. The molecule has 102 valence electrons. The molecule has 0 bridgehead atoms. The Bertz CT molecular complexity index is 700.